The van der Waals surface area contributed by atoms with Crippen molar-refractivity contribution in [2.24, 2.45) is 12.0 Å². The number of nitrogens with zero attached hydrogens (tertiary/aromatic N) is 6. The van der Waals surface area contributed by atoms with E-state index in [0.717, 1.165) is 81.4 Å². The Hall–Kier alpha value is -1.31. The molecule has 30 heavy (non-hydrogen) atoms. The third kappa shape index (κ3) is 8.08. The van der Waals surface area contributed by atoms with Gasteiger partial charge in [0, 0.05) is 50.7 Å². The molecule has 1 aliphatic rings. The molecule has 1 saturated heterocycles. The zero-order valence-corrected chi connectivity index (χ0v) is 21.2. The summed E-state index contributed by atoms with van der Waals surface area (Å²) in [6.07, 6.45) is 3.88. The molecule has 0 bridgehead atoms. The average Bonchev–Trinajstić information content (AvgIpc) is 3.29. The van der Waals surface area contributed by atoms with Crippen molar-refractivity contribution in [1.82, 2.24) is 35.3 Å². The molecular weight excluding hydrogens is 515 g/mol. The fraction of sp³-hybridized carbons (Fsp3) is 0.684. The Labute approximate surface area is 199 Å². The number of morpholine rings is 1. The van der Waals surface area contributed by atoms with Gasteiger partial charge in [0.05, 0.1) is 18.2 Å². The van der Waals surface area contributed by atoms with E-state index < -0.39 is 0 Å². The molecule has 3 rings (SSSR count). The average molecular weight is 548 g/mol. The van der Waals surface area contributed by atoms with Crippen molar-refractivity contribution >= 4 is 41.3 Å². The van der Waals surface area contributed by atoms with Crippen LogP contribution in [-0.2, 0) is 24.8 Å². The lowest BCUT2D eigenvalue weighted by Crippen LogP contribution is -2.41. The van der Waals surface area contributed by atoms with Crippen molar-refractivity contribution in [1.29, 1.82) is 0 Å². The molecular formula is C19H33IN8OS. The van der Waals surface area contributed by atoms with Gasteiger partial charge in [-0.25, -0.2) is 9.98 Å². The van der Waals surface area contributed by atoms with Crippen molar-refractivity contribution in [2.75, 3.05) is 45.9 Å². The van der Waals surface area contributed by atoms with E-state index in [1.807, 2.05) is 24.7 Å². The molecule has 11 heteroatoms. The highest BCUT2D eigenvalue weighted by Crippen LogP contribution is 2.10. The number of rotatable bonds is 9. The fourth-order valence-electron chi connectivity index (χ4n) is 3.05. The summed E-state index contributed by atoms with van der Waals surface area (Å²) in [6, 6.07) is 0. The van der Waals surface area contributed by atoms with E-state index in [1.54, 1.807) is 11.3 Å². The molecule has 0 aliphatic carbocycles. The molecule has 3 heterocycles. The van der Waals surface area contributed by atoms with E-state index in [2.05, 4.69) is 37.6 Å². The van der Waals surface area contributed by atoms with Gasteiger partial charge in [-0.1, -0.05) is 0 Å². The van der Waals surface area contributed by atoms with Gasteiger partial charge in [0.2, 0.25) is 0 Å². The van der Waals surface area contributed by atoms with Crippen LogP contribution in [0.1, 0.15) is 28.0 Å². The Morgan fingerprint density at radius 3 is 2.63 bits per heavy atom. The Morgan fingerprint density at radius 2 is 1.97 bits per heavy atom. The monoisotopic (exact) mass is 548 g/mol. The number of guanidine groups is 1. The fourth-order valence-corrected chi connectivity index (χ4v) is 3.84. The number of hydrogen-bond donors (Lipinski definition) is 2. The van der Waals surface area contributed by atoms with Crippen molar-refractivity contribution in [3.8, 4) is 0 Å². The van der Waals surface area contributed by atoms with Crippen LogP contribution in [0.2, 0.25) is 0 Å². The Morgan fingerprint density at radius 1 is 1.20 bits per heavy atom. The maximum atomic E-state index is 5.41. The lowest BCUT2D eigenvalue weighted by atomic mass is 10.3. The van der Waals surface area contributed by atoms with Crippen molar-refractivity contribution < 1.29 is 4.74 Å². The summed E-state index contributed by atoms with van der Waals surface area (Å²) >= 11 is 1.74. The Balaban J connectivity index is 0.00000320. The standard InChI is InChI=1S/C19H32N8OS.HI/c1-15-13-22-18(29-15)5-7-21-19(23-14-17-25-24-16(2)26(17)3)20-6-4-8-27-9-11-28-12-10-27;/h13H,4-12,14H2,1-3H3,(H2,20,21,23);1H. The first-order chi connectivity index (χ1) is 14.1. The second kappa shape index (κ2) is 13.2. The van der Waals surface area contributed by atoms with Crippen molar-refractivity contribution in [3.63, 3.8) is 0 Å². The number of hydrogen-bond acceptors (Lipinski definition) is 7. The molecule has 2 N–H and O–H groups in total. The largest absolute Gasteiger partial charge is 0.379 e. The normalized spacial score (nSPS) is 15.1. The maximum absolute atomic E-state index is 5.41. The van der Waals surface area contributed by atoms with Gasteiger partial charge >= 0.3 is 0 Å². The lowest BCUT2D eigenvalue weighted by molar-refractivity contribution is 0.0376. The molecule has 9 nitrogen and oxygen atoms in total. The quantitative estimate of drug-likeness (QED) is 0.213. The van der Waals surface area contributed by atoms with Crippen LogP contribution in [0.3, 0.4) is 0 Å². The van der Waals surface area contributed by atoms with E-state index in [1.165, 1.54) is 4.88 Å². The van der Waals surface area contributed by atoms with Gasteiger partial charge in [-0.15, -0.1) is 45.5 Å². The number of aryl methyl sites for hydroxylation is 2. The first-order valence-corrected chi connectivity index (χ1v) is 11.0. The third-order valence-corrected chi connectivity index (χ3v) is 5.88. The molecule has 1 fully saturated rings. The van der Waals surface area contributed by atoms with E-state index in [0.29, 0.717) is 6.54 Å². The van der Waals surface area contributed by atoms with Gasteiger partial charge in [0.25, 0.3) is 0 Å². The molecule has 0 unspecified atom stereocenters. The highest BCUT2D eigenvalue weighted by atomic mass is 127. The summed E-state index contributed by atoms with van der Waals surface area (Å²) < 4.78 is 7.38. The predicted molar refractivity (Wildman–Crippen MR) is 131 cm³/mol. The number of aliphatic imine (C=N–C) groups is 1. The number of nitrogens with one attached hydrogen (secondary N) is 2. The minimum absolute atomic E-state index is 0. The van der Waals surface area contributed by atoms with Gasteiger partial charge in [-0.05, 0) is 26.8 Å². The summed E-state index contributed by atoms with van der Waals surface area (Å²) in [5, 5.41) is 16.3. The van der Waals surface area contributed by atoms with E-state index in [-0.39, 0.29) is 24.0 Å². The number of halogens is 1. The smallest absolute Gasteiger partial charge is 0.191 e. The Kier molecular flexibility index (Phi) is 11.0. The molecule has 1 aliphatic heterocycles. The van der Waals surface area contributed by atoms with Gasteiger partial charge in [0.15, 0.2) is 11.8 Å². The number of aromatic nitrogens is 4. The maximum Gasteiger partial charge on any atom is 0.191 e. The third-order valence-electron chi connectivity index (χ3n) is 4.91. The zero-order valence-electron chi connectivity index (χ0n) is 18.1. The van der Waals surface area contributed by atoms with Gasteiger partial charge in [-0.3, -0.25) is 4.90 Å². The summed E-state index contributed by atoms with van der Waals surface area (Å²) in [4.78, 5) is 12.8. The van der Waals surface area contributed by atoms with Crippen LogP contribution < -0.4 is 10.6 Å². The van der Waals surface area contributed by atoms with Crippen LogP contribution >= 0.6 is 35.3 Å². The van der Waals surface area contributed by atoms with Crippen molar-refractivity contribution in [3.05, 3.63) is 27.7 Å². The minimum atomic E-state index is 0. The van der Waals surface area contributed by atoms with Crippen LogP contribution in [0.4, 0.5) is 0 Å². The SMILES string of the molecule is Cc1cnc(CCNC(=NCc2nnc(C)n2C)NCCCN2CCOCC2)s1.I. The number of thiazole rings is 1. The van der Waals surface area contributed by atoms with Crippen LogP contribution in [0.25, 0.3) is 0 Å². The topological polar surface area (TPSA) is 92.5 Å². The first-order valence-electron chi connectivity index (χ1n) is 10.2. The second-order valence-electron chi connectivity index (χ2n) is 7.16. The number of ether oxygens (including phenoxy) is 1. The lowest BCUT2D eigenvalue weighted by Gasteiger charge is -2.26. The summed E-state index contributed by atoms with van der Waals surface area (Å²) in [6.45, 7) is 11.0. The summed E-state index contributed by atoms with van der Waals surface area (Å²) in [7, 11) is 1.97. The van der Waals surface area contributed by atoms with Crippen LogP contribution in [0.15, 0.2) is 11.2 Å². The molecule has 168 valence electrons. The molecule has 0 amide bonds. The van der Waals surface area contributed by atoms with E-state index in [4.69, 9.17) is 9.73 Å². The van der Waals surface area contributed by atoms with Gasteiger partial charge in [-0.2, -0.15) is 0 Å². The molecule has 0 radical (unpaired) electrons. The summed E-state index contributed by atoms with van der Waals surface area (Å²) in [5.74, 6) is 2.55. The molecule has 0 spiro atoms. The molecule has 0 atom stereocenters. The molecule has 0 aromatic carbocycles. The minimum Gasteiger partial charge on any atom is -0.379 e. The van der Waals surface area contributed by atoms with Gasteiger partial charge in [0.1, 0.15) is 12.4 Å². The molecule has 2 aromatic rings. The van der Waals surface area contributed by atoms with Crippen LogP contribution in [0, 0.1) is 13.8 Å². The van der Waals surface area contributed by atoms with Crippen LogP contribution in [-0.4, -0.2) is 76.5 Å². The second-order valence-corrected chi connectivity index (χ2v) is 8.48. The summed E-state index contributed by atoms with van der Waals surface area (Å²) in [5.41, 5.74) is 0. The predicted octanol–water partition coefficient (Wildman–Crippen LogP) is 1.51. The van der Waals surface area contributed by atoms with E-state index in [9.17, 15) is 0 Å². The Bertz CT molecular complexity index is 787. The highest BCUT2D eigenvalue weighted by Gasteiger charge is 2.10. The van der Waals surface area contributed by atoms with E-state index >= 15 is 0 Å². The van der Waals surface area contributed by atoms with Crippen LogP contribution in [0.5, 0.6) is 0 Å². The van der Waals surface area contributed by atoms with Crippen molar-refractivity contribution in [2.45, 2.75) is 33.2 Å². The zero-order chi connectivity index (χ0) is 20.5. The molecule has 2 aromatic heterocycles. The first kappa shape index (κ1) is 25.0. The highest BCUT2D eigenvalue weighted by molar-refractivity contribution is 14.0. The molecule has 0 saturated carbocycles. The van der Waals surface area contributed by atoms with Gasteiger partial charge < -0.3 is 19.9 Å².